The third-order valence-electron chi connectivity index (χ3n) is 5.22. The van der Waals surface area contributed by atoms with E-state index >= 15 is 0 Å². The van der Waals surface area contributed by atoms with Gasteiger partial charge in [0.1, 0.15) is 10.9 Å². The number of amides is 3. The zero-order valence-electron chi connectivity index (χ0n) is 16.5. The van der Waals surface area contributed by atoms with Crippen molar-refractivity contribution in [2.45, 2.75) is 51.6 Å². The molecule has 0 saturated heterocycles. The average molecular weight is 416 g/mol. The van der Waals surface area contributed by atoms with E-state index in [1.165, 1.54) is 4.90 Å². The first-order valence-corrected chi connectivity index (χ1v) is 10.3. The lowest BCUT2D eigenvalue weighted by Gasteiger charge is -2.30. The van der Waals surface area contributed by atoms with Crippen LogP contribution < -0.4 is 21.7 Å². The molecular formula is C20H25N5O3S. The van der Waals surface area contributed by atoms with Gasteiger partial charge in [0.15, 0.2) is 5.69 Å². The highest BCUT2D eigenvalue weighted by atomic mass is 32.1. The van der Waals surface area contributed by atoms with Gasteiger partial charge < -0.3 is 16.8 Å². The lowest BCUT2D eigenvalue weighted by Crippen LogP contribution is -2.50. The first-order valence-electron chi connectivity index (χ1n) is 9.55. The molecule has 0 unspecified atom stereocenters. The Balaban J connectivity index is 1.97. The van der Waals surface area contributed by atoms with E-state index in [0.29, 0.717) is 5.69 Å². The number of carbonyl (C=O) groups is 3. The van der Waals surface area contributed by atoms with Crippen molar-refractivity contribution in [3.05, 3.63) is 40.4 Å². The number of nitrogens with one attached hydrogen (secondary N) is 1. The third-order valence-corrected chi connectivity index (χ3v) is 6.07. The van der Waals surface area contributed by atoms with E-state index in [2.05, 4.69) is 9.69 Å². The van der Waals surface area contributed by atoms with Gasteiger partial charge in [0.05, 0.1) is 5.69 Å². The van der Waals surface area contributed by atoms with Crippen LogP contribution in [0.1, 0.15) is 58.3 Å². The summed E-state index contributed by atoms with van der Waals surface area (Å²) in [5, 5.41) is 3.04. The van der Waals surface area contributed by atoms with Crippen LogP contribution in [0, 0.1) is 6.92 Å². The molecule has 2 aromatic rings. The summed E-state index contributed by atoms with van der Waals surface area (Å²) in [5.41, 5.74) is 12.5. The molecule has 0 radical (unpaired) electrons. The minimum absolute atomic E-state index is 0.0607. The summed E-state index contributed by atoms with van der Waals surface area (Å²) < 4.78 is 3.92. The summed E-state index contributed by atoms with van der Waals surface area (Å²) in [6.45, 7) is 3.54. The monoisotopic (exact) mass is 415 g/mol. The lowest BCUT2D eigenvalue weighted by atomic mass is 10.1. The molecule has 0 aliphatic heterocycles. The second-order valence-electron chi connectivity index (χ2n) is 7.27. The smallest absolute Gasteiger partial charge is 0.272 e. The van der Waals surface area contributed by atoms with Crippen molar-refractivity contribution in [2.24, 2.45) is 5.73 Å². The Bertz CT molecular complexity index is 936. The van der Waals surface area contributed by atoms with Crippen molar-refractivity contribution in [3.63, 3.8) is 0 Å². The summed E-state index contributed by atoms with van der Waals surface area (Å²) in [7, 11) is 0. The second-order valence-corrected chi connectivity index (χ2v) is 8.04. The van der Waals surface area contributed by atoms with Crippen LogP contribution in [0.5, 0.6) is 0 Å². The largest absolute Gasteiger partial charge is 0.395 e. The predicted molar refractivity (Wildman–Crippen MR) is 113 cm³/mol. The maximum absolute atomic E-state index is 13.4. The van der Waals surface area contributed by atoms with Gasteiger partial charge in [-0.25, -0.2) is 0 Å². The van der Waals surface area contributed by atoms with Gasteiger partial charge in [-0.3, -0.25) is 19.3 Å². The molecule has 1 aliphatic rings. The van der Waals surface area contributed by atoms with E-state index < -0.39 is 17.9 Å². The van der Waals surface area contributed by atoms with E-state index in [1.807, 2.05) is 19.1 Å². The molecule has 1 aliphatic carbocycles. The van der Waals surface area contributed by atoms with Gasteiger partial charge in [-0.2, -0.15) is 4.37 Å². The summed E-state index contributed by atoms with van der Waals surface area (Å²) >= 11 is 0.805. The number of rotatable bonds is 6. The molecule has 1 saturated carbocycles. The van der Waals surface area contributed by atoms with Gasteiger partial charge in [0.25, 0.3) is 11.8 Å². The maximum Gasteiger partial charge on any atom is 0.272 e. The summed E-state index contributed by atoms with van der Waals surface area (Å²) in [6, 6.07) is 6.66. The zero-order chi connectivity index (χ0) is 21.1. The molecule has 1 atom stereocenters. The van der Waals surface area contributed by atoms with Crippen LogP contribution >= 0.6 is 11.5 Å². The van der Waals surface area contributed by atoms with Crippen LogP contribution in [0.15, 0.2) is 24.3 Å². The minimum atomic E-state index is -0.799. The van der Waals surface area contributed by atoms with Crippen LogP contribution in [0.2, 0.25) is 0 Å². The van der Waals surface area contributed by atoms with E-state index in [9.17, 15) is 14.4 Å². The molecule has 8 nitrogen and oxygen atoms in total. The number of primary amides is 1. The Morgan fingerprint density at radius 2 is 1.90 bits per heavy atom. The number of nitrogens with two attached hydrogens (primary N) is 2. The number of anilines is 2. The Kier molecular flexibility index (Phi) is 6.17. The van der Waals surface area contributed by atoms with Crippen molar-refractivity contribution in [3.8, 4) is 0 Å². The van der Waals surface area contributed by atoms with Crippen LogP contribution in [0.3, 0.4) is 0 Å². The normalized spacial score (nSPS) is 15.1. The molecule has 29 heavy (non-hydrogen) atoms. The number of nitrogen functional groups attached to an aromatic ring is 1. The highest BCUT2D eigenvalue weighted by Gasteiger charge is 2.33. The van der Waals surface area contributed by atoms with Crippen LogP contribution in [0.4, 0.5) is 11.4 Å². The van der Waals surface area contributed by atoms with Gasteiger partial charge in [-0.1, -0.05) is 31.0 Å². The molecule has 3 amide bonds. The summed E-state index contributed by atoms with van der Waals surface area (Å²) in [6.07, 6.45) is 4.07. The molecule has 0 bridgehead atoms. The number of nitrogens with zero attached hydrogens (tertiary/aromatic N) is 2. The van der Waals surface area contributed by atoms with Gasteiger partial charge in [0.2, 0.25) is 5.91 Å². The van der Waals surface area contributed by atoms with Crippen molar-refractivity contribution in [1.29, 1.82) is 0 Å². The highest BCUT2D eigenvalue weighted by molar-refractivity contribution is 7.09. The fourth-order valence-corrected chi connectivity index (χ4v) is 4.32. The Morgan fingerprint density at radius 3 is 2.48 bits per heavy atom. The Morgan fingerprint density at radius 1 is 1.24 bits per heavy atom. The highest BCUT2D eigenvalue weighted by Crippen LogP contribution is 2.29. The van der Waals surface area contributed by atoms with Crippen molar-refractivity contribution in [1.82, 2.24) is 9.69 Å². The Hall–Kier alpha value is -2.94. The fourth-order valence-electron chi connectivity index (χ4n) is 3.58. The first-order chi connectivity index (χ1) is 13.8. The van der Waals surface area contributed by atoms with Crippen LogP contribution in [-0.4, -0.2) is 34.2 Å². The van der Waals surface area contributed by atoms with Crippen molar-refractivity contribution < 1.29 is 14.4 Å². The predicted octanol–water partition coefficient (Wildman–Crippen LogP) is 2.23. The molecule has 5 N–H and O–H groups in total. The summed E-state index contributed by atoms with van der Waals surface area (Å²) in [5.74, 6) is -1.52. The molecule has 9 heteroatoms. The molecule has 1 aromatic carbocycles. The first kappa shape index (κ1) is 20.8. The van der Waals surface area contributed by atoms with Crippen LogP contribution in [-0.2, 0) is 4.79 Å². The molecule has 3 rings (SSSR count). The van der Waals surface area contributed by atoms with Gasteiger partial charge in [0, 0.05) is 11.7 Å². The molecule has 1 fully saturated rings. The van der Waals surface area contributed by atoms with Crippen molar-refractivity contribution >= 4 is 40.6 Å². The topological polar surface area (TPSA) is 131 Å². The Labute approximate surface area is 173 Å². The van der Waals surface area contributed by atoms with Crippen molar-refractivity contribution in [2.75, 3.05) is 10.6 Å². The van der Waals surface area contributed by atoms with Gasteiger partial charge >= 0.3 is 0 Å². The number of hydrogen-bond acceptors (Lipinski definition) is 6. The SMILES string of the molecule is Cc1ccccc1N(C(=O)c1snc(C(N)=O)c1N)[C@@H](C)C(=O)NC1CCCC1. The van der Waals surface area contributed by atoms with E-state index in [-0.39, 0.29) is 28.2 Å². The maximum atomic E-state index is 13.4. The van der Waals surface area contributed by atoms with E-state index in [4.69, 9.17) is 11.5 Å². The van der Waals surface area contributed by atoms with Gasteiger partial charge in [-0.05, 0) is 49.9 Å². The second kappa shape index (κ2) is 8.60. The zero-order valence-corrected chi connectivity index (χ0v) is 17.3. The van der Waals surface area contributed by atoms with Crippen LogP contribution in [0.25, 0.3) is 0 Å². The standard InChI is InChI=1S/C20H25N5O3S/c1-11-7-3-6-10-14(11)25(12(2)19(27)23-13-8-4-5-9-13)20(28)17-15(21)16(18(22)26)24-29-17/h3,6-7,10,12-13H,4-5,8-9,21H2,1-2H3,(H2,22,26)(H,23,27)/t12-/m0/s1. The average Bonchev–Trinajstić information content (AvgIpc) is 3.32. The quantitative estimate of drug-likeness (QED) is 0.666. The molecular weight excluding hydrogens is 390 g/mol. The lowest BCUT2D eigenvalue weighted by molar-refractivity contribution is -0.122. The molecule has 1 heterocycles. The number of hydrogen-bond donors (Lipinski definition) is 3. The minimum Gasteiger partial charge on any atom is -0.395 e. The summed E-state index contributed by atoms with van der Waals surface area (Å²) in [4.78, 5) is 39.3. The number of aryl methyl sites for hydroxylation is 1. The van der Waals surface area contributed by atoms with E-state index in [0.717, 1.165) is 42.8 Å². The molecule has 154 valence electrons. The number of carbonyl (C=O) groups excluding carboxylic acids is 3. The number of para-hydroxylation sites is 1. The van der Waals surface area contributed by atoms with Gasteiger partial charge in [-0.15, -0.1) is 0 Å². The number of aromatic nitrogens is 1. The molecule has 0 spiro atoms. The van der Waals surface area contributed by atoms with E-state index in [1.54, 1.807) is 19.1 Å². The third kappa shape index (κ3) is 4.24. The fraction of sp³-hybridized carbons (Fsp3) is 0.400. The molecule has 1 aromatic heterocycles. The number of benzene rings is 1.